The van der Waals surface area contributed by atoms with Crippen LogP contribution in [0.3, 0.4) is 0 Å². The molecule has 0 saturated carbocycles. The molecule has 1 N–H and O–H groups in total. The number of aliphatic imine (C=N–C) groups is 1. The van der Waals surface area contributed by atoms with Gasteiger partial charge in [-0.1, -0.05) is 61.3 Å². The third-order valence-electron chi connectivity index (χ3n) is 5.48. The van der Waals surface area contributed by atoms with E-state index in [0.717, 1.165) is 0 Å². The van der Waals surface area contributed by atoms with E-state index >= 15 is 0 Å². The molecule has 10 nitrogen and oxygen atoms in total. The van der Waals surface area contributed by atoms with Crippen molar-refractivity contribution < 1.29 is 31.6 Å². The highest BCUT2D eigenvalue weighted by atomic mass is 35.5. The predicted octanol–water partition coefficient (Wildman–Crippen LogP) is 7.61. The Morgan fingerprint density at radius 2 is 1.70 bits per heavy atom. The Kier molecular flexibility index (Phi) is 10.7. The minimum atomic E-state index is -4.77. The fraction of sp³-hybridized carbons (Fsp3) is 0.179. The van der Waals surface area contributed by atoms with Gasteiger partial charge in [0.15, 0.2) is 5.82 Å². The number of hydrogen-bond donors (Lipinski definition) is 1. The molecule has 0 unspecified atom stereocenters. The maximum atomic E-state index is 12.4. The van der Waals surface area contributed by atoms with Crippen molar-refractivity contribution in [2.45, 2.75) is 20.2 Å². The minimum Gasteiger partial charge on any atom is -0.497 e. The van der Waals surface area contributed by atoms with Crippen molar-refractivity contribution in [1.82, 2.24) is 20.2 Å². The van der Waals surface area contributed by atoms with Gasteiger partial charge in [-0.15, -0.1) is 18.3 Å². The van der Waals surface area contributed by atoms with Gasteiger partial charge < -0.3 is 13.7 Å². The SMILES string of the molecule is COc1cc(Cl)c(/N=C(/N/N=C/c2ccc(-c3ncn(-c4ccc(OC(F)(F)F)cc4)n3)cc2)SOC(=O)C(C)C)c(Cl)c1. The van der Waals surface area contributed by atoms with Crippen LogP contribution in [0.15, 0.2) is 77.1 Å². The molecule has 1 heterocycles. The lowest BCUT2D eigenvalue weighted by molar-refractivity contribution is -0.274. The van der Waals surface area contributed by atoms with E-state index in [-0.39, 0.29) is 32.6 Å². The number of halogens is 5. The Labute approximate surface area is 264 Å². The Morgan fingerprint density at radius 3 is 2.30 bits per heavy atom. The first kappa shape index (κ1) is 32.6. The number of aromatic nitrogens is 3. The molecule has 0 radical (unpaired) electrons. The van der Waals surface area contributed by atoms with Gasteiger partial charge in [0.25, 0.3) is 0 Å². The summed E-state index contributed by atoms with van der Waals surface area (Å²) in [5, 5.41) is 9.10. The van der Waals surface area contributed by atoms with Crippen LogP contribution in [-0.4, -0.2) is 45.6 Å². The van der Waals surface area contributed by atoms with E-state index in [9.17, 15) is 18.0 Å². The molecule has 0 spiro atoms. The summed E-state index contributed by atoms with van der Waals surface area (Å²) < 4.78 is 52.9. The number of hydrogen-bond acceptors (Lipinski definition) is 9. The van der Waals surface area contributed by atoms with E-state index in [1.165, 1.54) is 48.6 Å². The van der Waals surface area contributed by atoms with Gasteiger partial charge >= 0.3 is 12.3 Å². The summed E-state index contributed by atoms with van der Waals surface area (Å²) in [5.74, 6) is -0.314. The maximum absolute atomic E-state index is 12.4. The molecule has 0 fully saturated rings. The van der Waals surface area contributed by atoms with Crippen LogP contribution in [0, 0.1) is 5.92 Å². The van der Waals surface area contributed by atoms with Crippen LogP contribution >= 0.6 is 35.2 Å². The molecule has 0 atom stereocenters. The van der Waals surface area contributed by atoms with Crippen LogP contribution in [0.2, 0.25) is 10.0 Å². The molecule has 0 aliphatic carbocycles. The van der Waals surface area contributed by atoms with E-state index in [2.05, 4.69) is 30.3 Å². The van der Waals surface area contributed by atoms with Gasteiger partial charge in [-0.3, -0.25) is 10.2 Å². The lowest BCUT2D eigenvalue weighted by atomic mass is 10.1. The molecule has 0 aliphatic rings. The molecular formula is C28H23Cl2F3N6O4S. The van der Waals surface area contributed by atoms with Gasteiger partial charge in [-0.2, -0.15) is 5.10 Å². The van der Waals surface area contributed by atoms with Crippen LogP contribution in [0.25, 0.3) is 17.1 Å². The monoisotopic (exact) mass is 666 g/mol. The summed E-state index contributed by atoms with van der Waals surface area (Å²) in [6.07, 6.45) is -1.82. The summed E-state index contributed by atoms with van der Waals surface area (Å²) in [6.45, 7) is 3.39. The maximum Gasteiger partial charge on any atom is 0.573 e. The highest BCUT2D eigenvalue weighted by Gasteiger charge is 2.31. The van der Waals surface area contributed by atoms with Crippen LogP contribution in [0.4, 0.5) is 18.9 Å². The molecule has 4 aromatic rings. The number of methoxy groups -OCH3 is 1. The van der Waals surface area contributed by atoms with Crippen molar-refractivity contribution in [2.24, 2.45) is 16.0 Å². The summed E-state index contributed by atoms with van der Waals surface area (Å²) >= 11 is 13.3. The molecule has 3 aromatic carbocycles. The van der Waals surface area contributed by atoms with Crippen molar-refractivity contribution in [2.75, 3.05) is 7.11 Å². The van der Waals surface area contributed by atoms with Gasteiger partial charge in [0.2, 0.25) is 5.17 Å². The number of amidine groups is 1. The zero-order valence-electron chi connectivity index (χ0n) is 23.2. The fourth-order valence-electron chi connectivity index (χ4n) is 3.31. The quantitative estimate of drug-likeness (QED) is 0.0885. The van der Waals surface area contributed by atoms with Gasteiger partial charge in [0.05, 0.1) is 35.0 Å². The average Bonchev–Trinajstić information content (AvgIpc) is 3.47. The van der Waals surface area contributed by atoms with E-state index < -0.39 is 12.3 Å². The number of ether oxygens (including phenoxy) is 2. The zero-order valence-corrected chi connectivity index (χ0v) is 25.5. The number of hydrazone groups is 1. The third kappa shape index (κ3) is 9.11. The molecule has 0 amide bonds. The topological polar surface area (TPSA) is 112 Å². The van der Waals surface area contributed by atoms with Gasteiger partial charge in [0.1, 0.15) is 35.6 Å². The third-order valence-corrected chi connectivity index (χ3v) is 6.65. The van der Waals surface area contributed by atoms with E-state index in [1.54, 1.807) is 50.2 Å². The lowest BCUT2D eigenvalue weighted by Crippen LogP contribution is -2.17. The zero-order chi connectivity index (χ0) is 31.9. The van der Waals surface area contributed by atoms with Crippen LogP contribution in [0.1, 0.15) is 19.4 Å². The Balaban J connectivity index is 1.45. The Hall–Kier alpha value is -4.27. The smallest absolute Gasteiger partial charge is 0.497 e. The molecule has 0 bridgehead atoms. The molecule has 44 heavy (non-hydrogen) atoms. The van der Waals surface area contributed by atoms with E-state index in [1.807, 2.05) is 0 Å². The fourth-order valence-corrected chi connectivity index (χ4v) is 4.43. The molecule has 0 aliphatic heterocycles. The van der Waals surface area contributed by atoms with Crippen molar-refractivity contribution in [1.29, 1.82) is 0 Å². The molecule has 1 aromatic heterocycles. The van der Waals surface area contributed by atoms with E-state index in [0.29, 0.717) is 40.4 Å². The van der Waals surface area contributed by atoms with Gasteiger partial charge in [-0.05, 0) is 29.8 Å². The second-order valence-corrected chi connectivity index (χ2v) is 10.6. The largest absolute Gasteiger partial charge is 0.573 e. The second kappa shape index (κ2) is 14.5. The minimum absolute atomic E-state index is 0.0913. The summed E-state index contributed by atoms with van der Waals surface area (Å²) in [7, 11) is 1.48. The van der Waals surface area contributed by atoms with Crippen molar-refractivity contribution >= 4 is 58.3 Å². The average molecular weight is 667 g/mol. The molecule has 0 saturated heterocycles. The number of rotatable bonds is 8. The number of carbonyl (C=O) groups is 1. The number of nitrogens with zero attached hydrogens (tertiary/aromatic N) is 5. The highest BCUT2D eigenvalue weighted by Crippen LogP contribution is 2.37. The van der Waals surface area contributed by atoms with Gasteiger partial charge in [-0.25, -0.2) is 14.7 Å². The van der Waals surface area contributed by atoms with Crippen molar-refractivity contribution in [3.63, 3.8) is 0 Å². The summed E-state index contributed by atoms with van der Waals surface area (Å²) in [4.78, 5) is 20.7. The van der Waals surface area contributed by atoms with E-state index in [4.69, 9.17) is 32.1 Å². The molecule has 16 heteroatoms. The van der Waals surface area contributed by atoms with Gasteiger partial charge in [0, 0.05) is 17.7 Å². The van der Waals surface area contributed by atoms with Crippen molar-refractivity contribution in [3.8, 4) is 28.6 Å². The highest BCUT2D eigenvalue weighted by molar-refractivity contribution is 8.10. The van der Waals surface area contributed by atoms with Crippen molar-refractivity contribution in [3.05, 3.63) is 82.6 Å². The normalized spacial score (nSPS) is 12.1. The lowest BCUT2D eigenvalue weighted by Gasteiger charge is -2.09. The first-order chi connectivity index (χ1) is 20.9. The standard InChI is InChI=1S/C28H23Cl2F3N6O4S/c1-16(2)26(40)43-44-27(36-24-22(29)12-21(41-3)13-23(24)30)37-35-14-17-4-6-18(7-5-17)25-34-15-39(38-25)19-8-10-20(11-9-19)42-28(31,32)33/h4-16H,1-3H3,(H,36,37)/b35-14+. The summed E-state index contributed by atoms with van der Waals surface area (Å²) in [5.41, 5.74) is 4.85. The Bertz CT molecular complexity index is 1640. The van der Waals surface area contributed by atoms with Crippen LogP contribution in [0.5, 0.6) is 11.5 Å². The number of nitrogens with one attached hydrogen (secondary N) is 1. The molecule has 230 valence electrons. The summed E-state index contributed by atoms with van der Waals surface area (Å²) in [6, 6.07) is 15.4. The molecule has 4 rings (SSSR count). The number of carbonyl (C=O) groups excluding carboxylic acids is 1. The number of benzene rings is 3. The first-order valence-electron chi connectivity index (χ1n) is 12.6. The Morgan fingerprint density at radius 1 is 1.05 bits per heavy atom. The predicted molar refractivity (Wildman–Crippen MR) is 163 cm³/mol. The number of alkyl halides is 3. The van der Waals surface area contributed by atoms with Crippen LogP contribution in [-0.2, 0) is 8.98 Å². The second-order valence-electron chi connectivity index (χ2n) is 9.04. The molecular weight excluding hydrogens is 644 g/mol. The van der Waals surface area contributed by atoms with Crippen LogP contribution < -0.4 is 14.9 Å². The first-order valence-corrected chi connectivity index (χ1v) is 14.1.